The van der Waals surface area contributed by atoms with Crippen molar-refractivity contribution in [2.24, 2.45) is 0 Å². The minimum absolute atomic E-state index is 0.0950. The molecule has 1 aromatic carbocycles. The van der Waals surface area contributed by atoms with E-state index in [1.54, 1.807) is 0 Å². The molecule has 34 heavy (non-hydrogen) atoms. The van der Waals surface area contributed by atoms with E-state index in [9.17, 15) is 3.32 Å². The maximum absolute atomic E-state index is 13.7. The SMILES string of the molecule is CCCCCCCCCc1cccc([O][Ti](=[O])([O]C(C)C)[CH](C)C)c1CCCCCCCCC. The van der Waals surface area contributed by atoms with Crippen LogP contribution in [-0.4, -0.2) is 6.10 Å². The van der Waals surface area contributed by atoms with Crippen LogP contribution in [0.2, 0.25) is 4.22 Å². The molecule has 1 unspecified atom stereocenters. The summed E-state index contributed by atoms with van der Waals surface area (Å²) in [6, 6.07) is 6.37. The Bertz CT molecular complexity index is 684. The van der Waals surface area contributed by atoms with Crippen molar-refractivity contribution in [2.75, 3.05) is 0 Å². The Balaban J connectivity index is 2.87. The molecule has 0 bridgehead atoms. The number of rotatable bonds is 21. The van der Waals surface area contributed by atoms with Gasteiger partial charge in [-0.05, 0) is 0 Å². The first-order valence-electron chi connectivity index (χ1n) is 14.5. The third-order valence-electron chi connectivity index (χ3n) is 6.67. The summed E-state index contributed by atoms with van der Waals surface area (Å²) in [6.45, 7) is 12.4. The first kappa shape index (κ1) is 31.5. The van der Waals surface area contributed by atoms with Crippen molar-refractivity contribution >= 4 is 0 Å². The molecule has 197 valence electrons. The molecule has 0 amide bonds. The molecule has 0 aliphatic rings. The number of benzene rings is 1. The van der Waals surface area contributed by atoms with Crippen molar-refractivity contribution in [2.45, 2.75) is 155 Å². The molecule has 0 aliphatic heterocycles. The van der Waals surface area contributed by atoms with Gasteiger partial charge in [-0.3, -0.25) is 0 Å². The standard InChI is InChI=1S/C24H42O.C3H7O.C3H7.O.Ti/c1-3-5-7-9-11-13-15-18-22-19-17-21-24(25)23(22)20-16-14-12-10-8-6-4-2;1-3(2)4;1-3-2;;/h17,19,21,25H,3-16,18,20H2,1-2H3;3H,1-2H3;3H,1-2H3;;/q;-1;;;+2/p-1. The van der Waals surface area contributed by atoms with E-state index in [2.05, 4.69) is 26.0 Å². The first-order valence-corrected chi connectivity index (χ1v) is 17.3. The van der Waals surface area contributed by atoms with Crippen LogP contribution in [0.1, 0.15) is 143 Å². The zero-order valence-corrected chi connectivity index (χ0v) is 25.0. The van der Waals surface area contributed by atoms with Crippen LogP contribution in [0.25, 0.3) is 0 Å². The fourth-order valence-corrected chi connectivity index (χ4v) is 7.19. The summed E-state index contributed by atoms with van der Waals surface area (Å²) in [7, 11) is 0. The van der Waals surface area contributed by atoms with Crippen molar-refractivity contribution in [3.8, 4) is 5.75 Å². The number of aryl methyl sites for hydroxylation is 1. The monoisotopic (exact) mass is 511 g/mol. The van der Waals surface area contributed by atoms with E-state index in [1.807, 2.05) is 33.8 Å². The second-order valence-corrected chi connectivity index (χ2v) is 15.0. The molecule has 0 N–H and O–H groups in total. The van der Waals surface area contributed by atoms with Crippen LogP contribution in [0.3, 0.4) is 0 Å². The predicted octanol–water partition coefficient (Wildman–Crippen LogP) is 10.2. The number of unbranched alkanes of at least 4 members (excludes halogenated alkanes) is 12. The summed E-state index contributed by atoms with van der Waals surface area (Å²) in [4.78, 5) is 0. The Labute approximate surface area is 216 Å². The van der Waals surface area contributed by atoms with Gasteiger partial charge in [0, 0.05) is 0 Å². The number of hydrogen-bond acceptors (Lipinski definition) is 3. The molecule has 1 atom stereocenters. The van der Waals surface area contributed by atoms with Gasteiger partial charge in [0.05, 0.1) is 0 Å². The van der Waals surface area contributed by atoms with E-state index >= 15 is 0 Å². The molecular weight excluding hydrogens is 456 g/mol. The topological polar surface area (TPSA) is 35.5 Å². The van der Waals surface area contributed by atoms with Gasteiger partial charge in [-0.2, -0.15) is 0 Å². The average Bonchev–Trinajstić information content (AvgIpc) is 2.78. The fraction of sp³-hybridized carbons (Fsp3) is 0.800. The van der Waals surface area contributed by atoms with Gasteiger partial charge in [0.1, 0.15) is 0 Å². The Hall–Kier alpha value is -0.506. The molecule has 0 fully saturated rings. The molecule has 0 saturated carbocycles. The second-order valence-electron chi connectivity index (χ2n) is 10.7. The predicted molar refractivity (Wildman–Crippen MR) is 142 cm³/mol. The normalized spacial score (nSPS) is 13.5. The van der Waals surface area contributed by atoms with Crippen LogP contribution in [0.5, 0.6) is 5.75 Å². The van der Waals surface area contributed by atoms with Gasteiger partial charge in [0.15, 0.2) is 0 Å². The van der Waals surface area contributed by atoms with E-state index < -0.39 is 17.3 Å². The Morgan fingerprint density at radius 2 is 1.21 bits per heavy atom. The van der Waals surface area contributed by atoms with Gasteiger partial charge >= 0.3 is 210 Å². The van der Waals surface area contributed by atoms with E-state index in [0.717, 1.165) is 18.6 Å². The molecule has 0 aliphatic carbocycles. The van der Waals surface area contributed by atoms with Crippen LogP contribution < -0.4 is 3.32 Å². The van der Waals surface area contributed by atoms with Gasteiger partial charge in [-0.15, -0.1) is 0 Å². The molecule has 0 heterocycles. The summed E-state index contributed by atoms with van der Waals surface area (Å²) >= 11 is -4.16. The van der Waals surface area contributed by atoms with Crippen LogP contribution in [-0.2, 0) is 36.8 Å². The van der Waals surface area contributed by atoms with Crippen LogP contribution >= 0.6 is 0 Å². The van der Waals surface area contributed by atoms with E-state index in [0.29, 0.717) is 0 Å². The van der Waals surface area contributed by atoms with E-state index in [4.69, 9.17) is 6.64 Å². The summed E-state index contributed by atoms with van der Waals surface area (Å²) < 4.78 is 25.8. The van der Waals surface area contributed by atoms with E-state index in [-0.39, 0.29) is 10.3 Å². The maximum atomic E-state index is 13.7. The van der Waals surface area contributed by atoms with Crippen LogP contribution in [0.4, 0.5) is 0 Å². The van der Waals surface area contributed by atoms with E-state index in [1.165, 1.54) is 101 Å². The summed E-state index contributed by atoms with van der Waals surface area (Å²) in [5, 5.41) is 0. The van der Waals surface area contributed by atoms with Crippen molar-refractivity contribution < 1.29 is 27.3 Å². The molecule has 0 aromatic heterocycles. The van der Waals surface area contributed by atoms with Crippen LogP contribution in [0.15, 0.2) is 18.2 Å². The van der Waals surface area contributed by atoms with Gasteiger partial charge < -0.3 is 0 Å². The first-order chi connectivity index (χ1) is 16.3. The molecule has 4 heteroatoms. The molecule has 1 aromatic rings. The molecule has 0 radical (unpaired) electrons. The van der Waals surface area contributed by atoms with Gasteiger partial charge in [-0.1, -0.05) is 6.92 Å². The third kappa shape index (κ3) is 13.0. The van der Waals surface area contributed by atoms with Crippen molar-refractivity contribution in [1.82, 2.24) is 0 Å². The molecule has 0 saturated heterocycles. The Morgan fingerprint density at radius 1 is 0.706 bits per heavy atom. The van der Waals surface area contributed by atoms with Gasteiger partial charge in [0.2, 0.25) is 0 Å². The van der Waals surface area contributed by atoms with Gasteiger partial charge in [0.25, 0.3) is 0 Å². The van der Waals surface area contributed by atoms with Gasteiger partial charge in [-0.25, -0.2) is 0 Å². The molecular formula is C30H55O3Ti. The summed E-state index contributed by atoms with van der Waals surface area (Å²) in [5.41, 5.74) is 2.66. The Kier molecular flexibility index (Phi) is 17.4. The van der Waals surface area contributed by atoms with Crippen molar-refractivity contribution in [1.29, 1.82) is 0 Å². The van der Waals surface area contributed by atoms with Crippen LogP contribution in [0, 0.1) is 0 Å². The summed E-state index contributed by atoms with van der Waals surface area (Å²) in [6.07, 6.45) is 20.3. The molecule has 0 spiro atoms. The third-order valence-corrected chi connectivity index (χ3v) is 10.9. The fourth-order valence-electron chi connectivity index (χ4n) is 4.52. The Morgan fingerprint density at radius 3 is 1.71 bits per heavy atom. The zero-order chi connectivity index (χ0) is 25.2. The second kappa shape index (κ2) is 18.7. The van der Waals surface area contributed by atoms with Crippen molar-refractivity contribution in [3.05, 3.63) is 29.3 Å². The quantitative estimate of drug-likeness (QED) is 0.122. The summed E-state index contributed by atoms with van der Waals surface area (Å²) in [5.74, 6) is 0.816. The average molecular weight is 512 g/mol. The molecule has 3 nitrogen and oxygen atoms in total. The zero-order valence-electron chi connectivity index (χ0n) is 23.4. The number of hydrogen-bond donors (Lipinski definition) is 0. The minimum atomic E-state index is -4.16. The van der Waals surface area contributed by atoms with Crippen molar-refractivity contribution in [3.63, 3.8) is 0 Å². The molecule has 1 rings (SSSR count).